The third-order valence-corrected chi connectivity index (χ3v) is 4.77. The molecule has 132 valence electrons. The molecule has 1 fully saturated rings. The Labute approximate surface area is 142 Å². The summed E-state index contributed by atoms with van der Waals surface area (Å²) in [6.45, 7) is 5.51. The predicted molar refractivity (Wildman–Crippen MR) is 88.5 cm³/mol. The molecule has 0 bridgehead atoms. The summed E-state index contributed by atoms with van der Waals surface area (Å²) in [4.78, 5) is 14.2. The molecule has 2 rings (SSSR count). The van der Waals surface area contributed by atoms with E-state index in [2.05, 4.69) is 20.3 Å². The Kier molecular flexibility index (Phi) is 8.00. The number of furan rings is 1. The maximum absolute atomic E-state index is 11.9. The Morgan fingerprint density at radius 3 is 2.70 bits per heavy atom. The van der Waals surface area contributed by atoms with E-state index >= 15 is 0 Å². The lowest BCUT2D eigenvalue weighted by Crippen LogP contribution is -2.44. The highest BCUT2D eigenvalue weighted by Gasteiger charge is 2.19. The Hall–Kier alpha value is -1.13. The summed E-state index contributed by atoms with van der Waals surface area (Å²) in [6.07, 6.45) is 0.841. The van der Waals surface area contributed by atoms with Crippen LogP contribution in [-0.2, 0) is 10.0 Å². The summed E-state index contributed by atoms with van der Waals surface area (Å²) in [6, 6.07) is 2.62. The minimum atomic E-state index is -3.66. The van der Waals surface area contributed by atoms with E-state index < -0.39 is 15.9 Å². The van der Waals surface area contributed by atoms with Gasteiger partial charge in [-0.25, -0.2) is 13.1 Å². The number of carbonyl (C=O) groups is 1. The van der Waals surface area contributed by atoms with Gasteiger partial charge in [-0.05, 0) is 32.1 Å². The number of halogens is 1. The van der Waals surface area contributed by atoms with Crippen molar-refractivity contribution in [1.82, 2.24) is 20.3 Å². The van der Waals surface area contributed by atoms with Crippen LogP contribution in [0.3, 0.4) is 0 Å². The lowest BCUT2D eigenvalue weighted by molar-refractivity contribution is 0.0918. The van der Waals surface area contributed by atoms with Gasteiger partial charge in [0.1, 0.15) is 0 Å². The van der Waals surface area contributed by atoms with Crippen molar-refractivity contribution in [2.45, 2.75) is 11.5 Å². The Balaban J connectivity index is 0.00000264. The zero-order valence-electron chi connectivity index (χ0n) is 13.0. The summed E-state index contributed by atoms with van der Waals surface area (Å²) in [5.41, 5.74) is 0. The summed E-state index contributed by atoms with van der Waals surface area (Å²) in [7, 11) is -2.37. The molecule has 0 saturated carbocycles. The van der Waals surface area contributed by atoms with Crippen LogP contribution in [-0.4, -0.2) is 65.5 Å². The van der Waals surface area contributed by atoms with E-state index in [1.54, 1.807) is 0 Å². The second-order valence-electron chi connectivity index (χ2n) is 5.03. The van der Waals surface area contributed by atoms with Crippen molar-refractivity contribution in [1.29, 1.82) is 0 Å². The summed E-state index contributed by atoms with van der Waals surface area (Å²) < 4.78 is 30.3. The molecular weight excluding hydrogens is 344 g/mol. The number of nitrogens with one attached hydrogen (secondary N) is 3. The van der Waals surface area contributed by atoms with E-state index in [9.17, 15) is 13.2 Å². The normalized spacial score (nSPS) is 15.9. The Bertz CT molecular complexity index is 599. The maximum atomic E-state index is 11.9. The van der Waals surface area contributed by atoms with Gasteiger partial charge in [0.25, 0.3) is 15.9 Å². The van der Waals surface area contributed by atoms with Gasteiger partial charge in [-0.1, -0.05) is 0 Å². The molecule has 0 aliphatic carbocycles. The number of carbonyl (C=O) groups excluding carboxylic acids is 1. The van der Waals surface area contributed by atoms with Gasteiger partial charge < -0.3 is 20.0 Å². The van der Waals surface area contributed by atoms with Crippen molar-refractivity contribution in [3.8, 4) is 0 Å². The monoisotopic (exact) mass is 366 g/mol. The lowest BCUT2D eigenvalue weighted by atomic mass is 10.3. The number of rotatable bonds is 7. The standard InChI is InChI=1S/C13H22N4O4S.ClH/c1-14-22(19,20)12-4-3-11(21-12)13(18)16-5-2-8-17-9-6-15-7-10-17;/h3-4,14-15H,2,5-10H2,1H3,(H,16,18);1H. The van der Waals surface area contributed by atoms with Crippen LogP contribution in [0.15, 0.2) is 21.6 Å². The quantitative estimate of drug-likeness (QED) is 0.569. The molecule has 23 heavy (non-hydrogen) atoms. The number of hydrogen-bond acceptors (Lipinski definition) is 6. The lowest BCUT2D eigenvalue weighted by Gasteiger charge is -2.26. The Morgan fingerprint density at radius 1 is 1.35 bits per heavy atom. The fraction of sp³-hybridized carbons (Fsp3) is 0.615. The second-order valence-corrected chi connectivity index (χ2v) is 6.84. The van der Waals surface area contributed by atoms with Gasteiger partial charge in [-0.15, -0.1) is 12.4 Å². The van der Waals surface area contributed by atoms with Crippen molar-refractivity contribution in [2.24, 2.45) is 0 Å². The number of sulfonamides is 1. The zero-order valence-corrected chi connectivity index (χ0v) is 14.6. The number of piperazine rings is 1. The fourth-order valence-corrected chi connectivity index (χ4v) is 2.86. The minimum Gasteiger partial charge on any atom is -0.438 e. The summed E-state index contributed by atoms with van der Waals surface area (Å²) in [5.74, 6) is -0.408. The molecule has 8 nitrogen and oxygen atoms in total. The highest BCUT2D eigenvalue weighted by atomic mass is 35.5. The molecule has 1 aliphatic rings. The van der Waals surface area contributed by atoms with Gasteiger partial charge in [-0.2, -0.15) is 0 Å². The van der Waals surface area contributed by atoms with Crippen LogP contribution in [0.5, 0.6) is 0 Å². The largest absolute Gasteiger partial charge is 0.438 e. The molecule has 2 heterocycles. The summed E-state index contributed by atoms with van der Waals surface area (Å²) in [5, 5.41) is 5.75. The molecular formula is C13H23ClN4O4S. The average molecular weight is 367 g/mol. The van der Waals surface area contributed by atoms with E-state index in [1.807, 2.05) is 0 Å². The van der Waals surface area contributed by atoms with Gasteiger partial charge in [0.2, 0.25) is 5.09 Å². The highest BCUT2D eigenvalue weighted by Crippen LogP contribution is 2.13. The first-order chi connectivity index (χ1) is 10.5. The van der Waals surface area contributed by atoms with Gasteiger partial charge in [0.05, 0.1) is 0 Å². The van der Waals surface area contributed by atoms with E-state index in [0.29, 0.717) is 6.54 Å². The molecule has 1 saturated heterocycles. The molecule has 10 heteroatoms. The molecule has 1 aromatic rings. The zero-order chi connectivity index (χ0) is 16.0. The molecule has 0 radical (unpaired) electrons. The van der Waals surface area contributed by atoms with E-state index in [0.717, 1.165) is 39.1 Å². The van der Waals surface area contributed by atoms with Gasteiger partial charge in [-0.3, -0.25) is 4.79 Å². The first-order valence-electron chi connectivity index (χ1n) is 7.27. The van der Waals surface area contributed by atoms with Crippen LogP contribution in [0, 0.1) is 0 Å². The van der Waals surface area contributed by atoms with Crippen LogP contribution in [0.1, 0.15) is 17.0 Å². The van der Waals surface area contributed by atoms with Crippen molar-refractivity contribution in [3.63, 3.8) is 0 Å². The first kappa shape index (κ1) is 19.9. The van der Waals surface area contributed by atoms with E-state index in [1.165, 1.54) is 19.2 Å². The van der Waals surface area contributed by atoms with Crippen molar-refractivity contribution in [3.05, 3.63) is 17.9 Å². The van der Waals surface area contributed by atoms with E-state index in [-0.39, 0.29) is 23.3 Å². The minimum absolute atomic E-state index is 0. The molecule has 0 aromatic carbocycles. The molecule has 1 aromatic heterocycles. The second kappa shape index (κ2) is 9.24. The van der Waals surface area contributed by atoms with E-state index in [4.69, 9.17) is 4.42 Å². The summed E-state index contributed by atoms with van der Waals surface area (Å²) >= 11 is 0. The Morgan fingerprint density at radius 2 is 2.04 bits per heavy atom. The van der Waals surface area contributed by atoms with Crippen LogP contribution in [0.25, 0.3) is 0 Å². The fourth-order valence-electron chi connectivity index (χ4n) is 2.21. The predicted octanol–water partition coefficient (Wildman–Crippen LogP) is -0.365. The van der Waals surface area contributed by atoms with Crippen molar-refractivity contribution in [2.75, 3.05) is 46.3 Å². The third kappa shape index (κ3) is 5.78. The molecule has 0 unspecified atom stereocenters. The van der Waals surface area contributed by atoms with Crippen molar-refractivity contribution < 1.29 is 17.6 Å². The highest BCUT2D eigenvalue weighted by molar-refractivity contribution is 7.89. The maximum Gasteiger partial charge on any atom is 0.287 e. The molecule has 1 amide bonds. The molecule has 0 spiro atoms. The molecule has 3 N–H and O–H groups in total. The smallest absolute Gasteiger partial charge is 0.287 e. The van der Waals surface area contributed by atoms with Crippen LogP contribution < -0.4 is 15.4 Å². The van der Waals surface area contributed by atoms with Crippen LogP contribution in [0.2, 0.25) is 0 Å². The topological polar surface area (TPSA) is 104 Å². The van der Waals surface area contributed by atoms with Crippen LogP contribution in [0.4, 0.5) is 0 Å². The average Bonchev–Trinajstić information content (AvgIpc) is 3.03. The number of amides is 1. The SMILES string of the molecule is CNS(=O)(=O)c1ccc(C(=O)NCCCN2CCNCC2)o1.Cl. The van der Waals surface area contributed by atoms with Crippen molar-refractivity contribution >= 4 is 28.3 Å². The van der Waals surface area contributed by atoms with Crippen LogP contribution >= 0.6 is 12.4 Å². The first-order valence-corrected chi connectivity index (χ1v) is 8.76. The third-order valence-electron chi connectivity index (χ3n) is 3.49. The van der Waals surface area contributed by atoms with Gasteiger partial charge in [0, 0.05) is 32.7 Å². The molecule has 0 atom stereocenters. The molecule has 1 aliphatic heterocycles. The number of nitrogens with zero attached hydrogens (tertiary/aromatic N) is 1. The van der Waals surface area contributed by atoms with Gasteiger partial charge >= 0.3 is 0 Å². The van der Waals surface area contributed by atoms with Gasteiger partial charge in [0.15, 0.2) is 5.76 Å². The number of hydrogen-bond donors (Lipinski definition) is 3.